The number of hydrogen-bond acceptors (Lipinski definition) is 3. The van der Waals surface area contributed by atoms with Crippen molar-refractivity contribution in [2.24, 2.45) is 23.7 Å². The number of fused-ring (bicyclic) bond motifs is 2. The lowest BCUT2D eigenvalue weighted by atomic mass is 9.86. The highest BCUT2D eigenvalue weighted by atomic mass is 16.5. The Morgan fingerprint density at radius 1 is 1.19 bits per heavy atom. The van der Waals surface area contributed by atoms with Gasteiger partial charge in [-0.1, -0.05) is 6.42 Å². The molecule has 118 valence electrons. The van der Waals surface area contributed by atoms with Gasteiger partial charge in [0.05, 0.1) is 12.5 Å². The minimum atomic E-state index is -0.130. The molecule has 3 fully saturated rings. The van der Waals surface area contributed by atoms with Crippen molar-refractivity contribution < 1.29 is 14.3 Å². The topological polar surface area (TPSA) is 46.6 Å². The molecule has 4 unspecified atom stereocenters. The van der Waals surface area contributed by atoms with Crippen LogP contribution in [0, 0.1) is 23.7 Å². The van der Waals surface area contributed by atoms with E-state index in [0.29, 0.717) is 25.5 Å². The van der Waals surface area contributed by atoms with E-state index in [1.807, 2.05) is 11.8 Å². The van der Waals surface area contributed by atoms with Crippen molar-refractivity contribution in [3.63, 3.8) is 0 Å². The largest absolute Gasteiger partial charge is 0.466 e. The summed E-state index contributed by atoms with van der Waals surface area (Å²) >= 11 is 0. The zero-order valence-corrected chi connectivity index (χ0v) is 13.1. The smallest absolute Gasteiger partial charge is 0.310 e. The van der Waals surface area contributed by atoms with Crippen molar-refractivity contribution in [2.45, 2.75) is 51.9 Å². The van der Waals surface area contributed by atoms with Crippen molar-refractivity contribution >= 4 is 11.9 Å². The molecule has 0 aromatic rings. The molecule has 0 aromatic heterocycles. The molecule has 3 aliphatic rings. The third-order valence-corrected chi connectivity index (χ3v) is 5.72. The molecular weight excluding hydrogens is 266 g/mol. The summed E-state index contributed by atoms with van der Waals surface area (Å²) in [4.78, 5) is 26.3. The van der Waals surface area contributed by atoms with Crippen LogP contribution in [0.4, 0.5) is 0 Å². The van der Waals surface area contributed by atoms with E-state index >= 15 is 0 Å². The number of carbonyl (C=O) groups excluding carboxylic acids is 2. The molecular formula is C17H27NO3. The van der Waals surface area contributed by atoms with Gasteiger partial charge in [0.25, 0.3) is 0 Å². The molecule has 0 radical (unpaired) electrons. The van der Waals surface area contributed by atoms with Crippen LogP contribution in [0.15, 0.2) is 0 Å². The molecule has 0 aromatic carbocycles. The van der Waals surface area contributed by atoms with E-state index in [2.05, 4.69) is 0 Å². The number of ether oxygens (including phenoxy) is 1. The van der Waals surface area contributed by atoms with E-state index in [4.69, 9.17) is 4.74 Å². The lowest BCUT2D eigenvalue weighted by molar-refractivity contribution is -0.151. The summed E-state index contributed by atoms with van der Waals surface area (Å²) in [7, 11) is 0. The SMILES string of the molecule is CCOC(=O)C1CCCN(C(=O)CC2CC3CCC2C3)C1. The van der Waals surface area contributed by atoms with Gasteiger partial charge in [0.2, 0.25) is 5.91 Å². The molecule has 0 N–H and O–H groups in total. The number of carbonyl (C=O) groups is 2. The Kier molecular flexibility index (Phi) is 4.51. The van der Waals surface area contributed by atoms with Crippen molar-refractivity contribution in [3.05, 3.63) is 0 Å². The molecule has 1 aliphatic heterocycles. The Hall–Kier alpha value is -1.06. The highest BCUT2D eigenvalue weighted by molar-refractivity contribution is 5.78. The van der Waals surface area contributed by atoms with Gasteiger partial charge in [0.15, 0.2) is 0 Å². The molecule has 2 bridgehead atoms. The first kappa shape index (κ1) is 14.9. The number of nitrogens with zero attached hydrogens (tertiary/aromatic N) is 1. The minimum Gasteiger partial charge on any atom is -0.466 e. The highest BCUT2D eigenvalue weighted by Gasteiger charge is 2.41. The maximum atomic E-state index is 12.5. The van der Waals surface area contributed by atoms with Crippen LogP contribution in [0.25, 0.3) is 0 Å². The van der Waals surface area contributed by atoms with Crippen LogP contribution in [-0.4, -0.2) is 36.5 Å². The van der Waals surface area contributed by atoms with Crippen LogP contribution < -0.4 is 0 Å². The first-order valence-corrected chi connectivity index (χ1v) is 8.61. The number of hydrogen-bond donors (Lipinski definition) is 0. The quantitative estimate of drug-likeness (QED) is 0.749. The van der Waals surface area contributed by atoms with E-state index in [1.165, 1.54) is 25.7 Å². The molecule has 1 heterocycles. The van der Waals surface area contributed by atoms with Crippen LogP contribution in [0.2, 0.25) is 0 Å². The molecule has 1 saturated heterocycles. The standard InChI is InChI=1S/C17H27NO3/c1-2-21-17(20)14-4-3-7-18(11-14)16(19)10-15-9-12-5-6-13(15)8-12/h12-15H,2-11H2,1H3. The van der Waals surface area contributed by atoms with Crippen molar-refractivity contribution in [3.8, 4) is 0 Å². The molecule has 2 aliphatic carbocycles. The Bertz CT molecular complexity index is 409. The lowest BCUT2D eigenvalue weighted by Gasteiger charge is -2.33. The monoisotopic (exact) mass is 293 g/mol. The lowest BCUT2D eigenvalue weighted by Crippen LogP contribution is -2.43. The average molecular weight is 293 g/mol. The Balaban J connectivity index is 1.51. The first-order valence-electron chi connectivity index (χ1n) is 8.61. The van der Waals surface area contributed by atoms with Gasteiger partial charge >= 0.3 is 5.97 Å². The van der Waals surface area contributed by atoms with Crippen LogP contribution >= 0.6 is 0 Å². The second-order valence-corrected chi connectivity index (χ2v) is 7.07. The third-order valence-electron chi connectivity index (χ3n) is 5.72. The maximum Gasteiger partial charge on any atom is 0.310 e. The summed E-state index contributed by atoms with van der Waals surface area (Å²) in [6, 6.07) is 0. The summed E-state index contributed by atoms with van der Waals surface area (Å²) in [5, 5.41) is 0. The number of piperidine rings is 1. The van der Waals surface area contributed by atoms with Crippen molar-refractivity contribution in [2.75, 3.05) is 19.7 Å². The van der Waals surface area contributed by atoms with Crippen LogP contribution in [0.1, 0.15) is 51.9 Å². The summed E-state index contributed by atoms with van der Waals surface area (Å²) in [5.41, 5.74) is 0. The van der Waals surface area contributed by atoms with Crippen molar-refractivity contribution in [1.82, 2.24) is 4.90 Å². The van der Waals surface area contributed by atoms with Gasteiger partial charge in [-0.05, 0) is 56.8 Å². The normalized spacial score (nSPS) is 35.0. The predicted molar refractivity (Wildman–Crippen MR) is 79.5 cm³/mol. The number of rotatable bonds is 4. The third kappa shape index (κ3) is 3.24. The maximum absolute atomic E-state index is 12.5. The van der Waals surface area contributed by atoms with Gasteiger partial charge in [-0.2, -0.15) is 0 Å². The van der Waals surface area contributed by atoms with E-state index in [-0.39, 0.29) is 17.8 Å². The molecule has 2 saturated carbocycles. The van der Waals surface area contributed by atoms with E-state index < -0.39 is 0 Å². The molecule has 4 nitrogen and oxygen atoms in total. The summed E-state index contributed by atoms with van der Waals surface area (Å²) in [6.45, 7) is 3.64. The van der Waals surface area contributed by atoms with Gasteiger partial charge in [0.1, 0.15) is 0 Å². The molecule has 3 rings (SSSR count). The van der Waals surface area contributed by atoms with E-state index in [0.717, 1.165) is 31.2 Å². The van der Waals surface area contributed by atoms with Crippen LogP contribution in [0.5, 0.6) is 0 Å². The number of amides is 1. The number of esters is 1. The van der Waals surface area contributed by atoms with Gasteiger partial charge < -0.3 is 9.64 Å². The fourth-order valence-electron chi connectivity index (χ4n) is 4.64. The van der Waals surface area contributed by atoms with Gasteiger partial charge in [0, 0.05) is 19.5 Å². The summed E-state index contributed by atoms with van der Waals surface area (Å²) in [6.07, 6.45) is 7.80. The fourth-order valence-corrected chi connectivity index (χ4v) is 4.64. The Labute approximate surface area is 127 Å². The first-order chi connectivity index (χ1) is 10.2. The second kappa shape index (κ2) is 6.37. The van der Waals surface area contributed by atoms with E-state index in [9.17, 15) is 9.59 Å². The van der Waals surface area contributed by atoms with Gasteiger partial charge in [-0.3, -0.25) is 9.59 Å². The van der Waals surface area contributed by atoms with Gasteiger partial charge in [-0.15, -0.1) is 0 Å². The van der Waals surface area contributed by atoms with Crippen molar-refractivity contribution in [1.29, 1.82) is 0 Å². The Morgan fingerprint density at radius 3 is 2.71 bits per heavy atom. The predicted octanol–water partition coefficient (Wildman–Crippen LogP) is 2.61. The molecule has 4 atom stereocenters. The minimum absolute atomic E-state index is 0.109. The van der Waals surface area contributed by atoms with Crippen LogP contribution in [0.3, 0.4) is 0 Å². The highest BCUT2D eigenvalue weighted by Crippen LogP contribution is 2.49. The summed E-state index contributed by atoms with van der Waals surface area (Å²) < 4.78 is 5.11. The average Bonchev–Trinajstić information content (AvgIpc) is 3.10. The summed E-state index contributed by atoms with van der Waals surface area (Å²) in [5.74, 6) is 2.32. The second-order valence-electron chi connectivity index (χ2n) is 7.07. The zero-order chi connectivity index (χ0) is 14.8. The Morgan fingerprint density at radius 2 is 2.05 bits per heavy atom. The molecule has 1 amide bonds. The van der Waals surface area contributed by atoms with Crippen LogP contribution in [-0.2, 0) is 14.3 Å². The van der Waals surface area contributed by atoms with Gasteiger partial charge in [-0.25, -0.2) is 0 Å². The number of likely N-dealkylation sites (tertiary alicyclic amines) is 1. The molecule has 4 heteroatoms. The molecule has 21 heavy (non-hydrogen) atoms. The van der Waals surface area contributed by atoms with E-state index in [1.54, 1.807) is 0 Å². The zero-order valence-electron chi connectivity index (χ0n) is 13.1. The molecule has 0 spiro atoms. The fraction of sp³-hybridized carbons (Fsp3) is 0.882.